The van der Waals surface area contributed by atoms with E-state index in [0.29, 0.717) is 11.7 Å². The van der Waals surface area contributed by atoms with Crippen LogP contribution in [0.4, 0.5) is 5.13 Å². The predicted octanol–water partition coefficient (Wildman–Crippen LogP) is 2.42. The fourth-order valence-electron chi connectivity index (χ4n) is 1.50. The number of hydrogen-bond acceptors (Lipinski definition) is 5. The van der Waals surface area contributed by atoms with Crippen molar-refractivity contribution in [2.75, 3.05) is 4.72 Å². The van der Waals surface area contributed by atoms with Crippen molar-refractivity contribution in [2.24, 2.45) is 5.73 Å². The summed E-state index contributed by atoms with van der Waals surface area (Å²) in [6.45, 7) is 3.75. The lowest BCUT2D eigenvalue weighted by Crippen LogP contribution is -2.22. The van der Waals surface area contributed by atoms with Crippen molar-refractivity contribution in [3.8, 4) is 11.3 Å². The molecule has 0 radical (unpaired) electrons. The zero-order valence-electron chi connectivity index (χ0n) is 11.3. The Kier molecular flexibility index (Phi) is 4.42. The van der Waals surface area contributed by atoms with Gasteiger partial charge in [0.1, 0.15) is 0 Å². The van der Waals surface area contributed by atoms with Gasteiger partial charge in [0, 0.05) is 17.5 Å². The maximum atomic E-state index is 11.8. The highest BCUT2D eigenvalue weighted by atomic mass is 32.2. The fourth-order valence-corrected chi connectivity index (χ4v) is 3.13. The molecule has 0 atom stereocenters. The van der Waals surface area contributed by atoms with E-state index in [4.69, 9.17) is 5.73 Å². The fraction of sp³-hybridized carbons (Fsp3) is 0.308. The van der Waals surface area contributed by atoms with Crippen LogP contribution in [0.2, 0.25) is 0 Å². The Labute approximate surface area is 122 Å². The van der Waals surface area contributed by atoms with Gasteiger partial charge in [-0.15, -0.1) is 11.3 Å². The SMILES string of the molecule is CC(C)S(=O)(=O)Nc1nc(-c2ccc(CN)cc2)cs1. The molecular formula is C13H17N3O2S2. The molecule has 0 aliphatic carbocycles. The van der Waals surface area contributed by atoms with Crippen molar-refractivity contribution in [3.05, 3.63) is 35.2 Å². The third-order valence-electron chi connectivity index (χ3n) is 2.84. The Morgan fingerprint density at radius 1 is 1.30 bits per heavy atom. The number of nitrogens with zero attached hydrogens (tertiary/aromatic N) is 1. The number of thiazole rings is 1. The van der Waals surface area contributed by atoms with Crippen LogP contribution in [-0.4, -0.2) is 18.7 Å². The molecule has 1 aromatic carbocycles. The van der Waals surface area contributed by atoms with Gasteiger partial charge in [0.25, 0.3) is 0 Å². The summed E-state index contributed by atoms with van der Waals surface area (Å²) in [5.41, 5.74) is 8.28. The first-order valence-electron chi connectivity index (χ1n) is 6.19. The lowest BCUT2D eigenvalue weighted by Gasteiger charge is -2.07. The smallest absolute Gasteiger partial charge is 0.236 e. The molecule has 0 spiro atoms. The van der Waals surface area contributed by atoms with Crippen LogP contribution in [0.3, 0.4) is 0 Å². The largest absolute Gasteiger partial charge is 0.326 e. The minimum atomic E-state index is -3.35. The van der Waals surface area contributed by atoms with Gasteiger partial charge in [0.15, 0.2) is 5.13 Å². The molecule has 0 unspecified atom stereocenters. The van der Waals surface area contributed by atoms with E-state index >= 15 is 0 Å². The number of hydrogen-bond donors (Lipinski definition) is 2. The van der Waals surface area contributed by atoms with Gasteiger partial charge in [-0.25, -0.2) is 13.4 Å². The Hall–Kier alpha value is -1.44. The Morgan fingerprint density at radius 3 is 2.50 bits per heavy atom. The van der Waals surface area contributed by atoms with Crippen LogP contribution in [0.15, 0.2) is 29.6 Å². The third kappa shape index (κ3) is 3.36. The Bertz CT molecular complexity index is 676. The van der Waals surface area contributed by atoms with Crippen LogP contribution in [0.5, 0.6) is 0 Å². The van der Waals surface area contributed by atoms with E-state index < -0.39 is 15.3 Å². The lowest BCUT2D eigenvalue weighted by molar-refractivity contribution is 0.593. The topological polar surface area (TPSA) is 85.1 Å². The number of anilines is 1. The molecule has 0 aliphatic heterocycles. The summed E-state index contributed by atoms with van der Waals surface area (Å²) >= 11 is 1.27. The normalized spacial score (nSPS) is 11.8. The molecule has 7 heteroatoms. The molecule has 1 aromatic heterocycles. The number of nitrogens with two attached hydrogens (primary N) is 1. The molecule has 20 heavy (non-hydrogen) atoms. The molecular weight excluding hydrogens is 294 g/mol. The van der Waals surface area contributed by atoms with Gasteiger partial charge in [0.05, 0.1) is 10.9 Å². The third-order valence-corrected chi connectivity index (χ3v) is 5.45. The van der Waals surface area contributed by atoms with Crippen molar-refractivity contribution >= 4 is 26.5 Å². The number of rotatable bonds is 5. The molecule has 0 saturated heterocycles. The van der Waals surface area contributed by atoms with Crippen LogP contribution >= 0.6 is 11.3 Å². The van der Waals surface area contributed by atoms with E-state index in [-0.39, 0.29) is 0 Å². The van der Waals surface area contributed by atoms with Crippen LogP contribution in [0.1, 0.15) is 19.4 Å². The molecule has 0 fully saturated rings. The molecule has 0 saturated carbocycles. The highest BCUT2D eigenvalue weighted by Crippen LogP contribution is 2.26. The summed E-state index contributed by atoms with van der Waals surface area (Å²) < 4.78 is 26.0. The summed E-state index contributed by atoms with van der Waals surface area (Å²) in [7, 11) is -3.35. The van der Waals surface area contributed by atoms with Crippen molar-refractivity contribution in [1.82, 2.24) is 4.98 Å². The summed E-state index contributed by atoms with van der Waals surface area (Å²) in [5.74, 6) is 0. The maximum absolute atomic E-state index is 11.8. The molecule has 2 rings (SSSR count). The molecule has 3 N–H and O–H groups in total. The minimum Gasteiger partial charge on any atom is -0.326 e. The number of nitrogens with one attached hydrogen (secondary N) is 1. The van der Waals surface area contributed by atoms with Gasteiger partial charge in [0.2, 0.25) is 10.0 Å². The second-order valence-electron chi connectivity index (χ2n) is 4.63. The van der Waals surface area contributed by atoms with Gasteiger partial charge in [-0.2, -0.15) is 0 Å². The quantitative estimate of drug-likeness (QED) is 0.888. The Morgan fingerprint density at radius 2 is 1.95 bits per heavy atom. The van der Waals surface area contributed by atoms with Gasteiger partial charge in [-0.1, -0.05) is 24.3 Å². The summed E-state index contributed by atoms with van der Waals surface area (Å²) in [5, 5.41) is 1.73. The second-order valence-corrected chi connectivity index (χ2v) is 7.73. The average molecular weight is 311 g/mol. The molecule has 108 valence electrons. The van der Waals surface area contributed by atoms with Crippen molar-refractivity contribution in [3.63, 3.8) is 0 Å². The van der Waals surface area contributed by atoms with E-state index in [1.165, 1.54) is 11.3 Å². The van der Waals surface area contributed by atoms with Crippen LogP contribution in [0.25, 0.3) is 11.3 Å². The molecule has 0 aliphatic rings. The van der Waals surface area contributed by atoms with E-state index in [1.54, 1.807) is 13.8 Å². The predicted molar refractivity (Wildman–Crippen MR) is 83.1 cm³/mol. The average Bonchev–Trinajstić information content (AvgIpc) is 2.86. The Balaban J connectivity index is 2.20. The highest BCUT2D eigenvalue weighted by molar-refractivity contribution is 7.93. The summed E-state index contributed by atoms with van der Waals surface area (Å²) in [6.07, 6.45) is 0. The van der Waals surface area contributed by atoms with E-state index in [9.17, 15) is 8.42 Å². The second kappa shape index (κ2) is 5.90. The molecule has 1 heterocycles. The summed E-state index contributed by atoms with van der Waals surface area (Å²) in [6, 6.07) is 7.73. The van der Waals surface area contributed by atoms with Crippen molar-refractivity contribution < 1.29 is 8.42 Å². The molecule has 0 bridgehead atoms. The van der Waals surface area contributed by atoms with E-state index in [1.807, 2.05) is 29.6 Å². The molecule has 5 nitrogen and oxygen atoms in total. The first-order chi connectivity index (χ1) is 9.42. The monoisotopic (exact) mass is 311 g/mol. The van der Waals surface area contributed by atoms with Gasteiger partial charge in [-0.3, -0.25) is 4.72 Å². The van der Waals surface area contributed by atoms with Crippen LogP contribution < -0.4 is 10.5 Å². The molecule has 0 amide bonds. The highest BCUT2D eigenvalue weighted by Gasteiger charge is 2.17. The van der Waals surface area contributed by atoms with Crippen molar-refractivity contribution in [1.29, 1.82) is 0 Å². The number of sulfonamides is 1. The van der Waals surface area contributed by atoms with E-state index in [0.717, 1.165) is 16.8 Å². The maximum Gasteiger partial charge on any atom is 0.236 e. The zero-order chi connectivity index (χ0) is 14.8. The number of benzene rings is 1. The first kappa shape index (κ1) is 15.0. The summed E-state index contributed by atoms with van der Waals surface area (Å²) in [4.78, 5) is 4.30. The van der Waals surface area contributed by atoms with Gasteiger partial charge >= 0.3 is 0 Å². The van der Waals surface area contributed by atoms with Crippen LogP contribution in [-0.2, 0) is 16.6 Å². The molecule has 2 aromatic rings. The first-order valence-corrected chi connectivity index (χ1v) is 8.61. The number of aromatic nitrogens is 1. The lowest BCUT2D eigenvalue weighted by atomic mass is 10.1. The zero-order valence-corrected chi connectivity index (χ0v) is 13.0. The van der Waals surface area contributed by atoms with Gasteiger partial charge in [-0.05, 0) is 19.4 Å². The van der Waals surface area contributed by atoms with Gasteiger partial charge < -0.3 is 5.73 Å². The van der Waals surface area contributed by atoms with Crippen molar-refractivity contribution in [2.45, 2.75) is 25.6 Å². The standard InChI is InChI=1S/C13H17N3O2S2/c1-9(2)20(17,18)16-13-15-12(8-19-13)11-5-3-10(7-14)4-6-11/h3-6,8-9H,7,14H2,1-2H3,(H,15,16). The minimum absolute atomic E-state index is 0.386. The van der Waals surface area contributed by atoms with E-state index in [2.05, 4.69) is 9.71 Å². The van der Waals surface area contributed by atoms with Crippen LogP contribution in [0, 0.1) is 0 Å².